The van der Waals surface area contributed by atoms with Crippen LogP contribution in [0.2, 0.25) is 0 Å². The van der Waals surface area contributed by atoms with E-state index >= 15 is 0 Å². The number of rotatable bonds is 3. The second-order valence-corrected chi connectivity index (χ2v) is 5.23. The molecule has 1 fully saturated rings. The molecular formula is C14H19ClO. The van der Waals surface area contributed by atoms with Crippen molar-refractivity contribution in [1.82, 2.24) is 0 Å². The van der Waals surface area contributed by atoms with Crippen molar-refractivity contribution in [2.45, 2.75) is 44.6 Å². The van der Waals surface area contributed by atoms with Gasteiger partial charge in [0, 0.05) is 6.61 Å². The van der Waals surface area contributed by atoms with Crippen LogP contribution in [0, 0.1) is 13.8 Å². The maximum absolute atomic E-state index is 6.46. The lowest BCUT2D eigenvalue weighted by atomic mass is 9.99. The Morgan fingerprint density at radius 3 is 2.88 bits per heavy atom. The summed E-state index contributed by atoms with van der Waals surface area (Å²) in [5.41, 5.74) is 3.84. The van der Waals surface area contributed by atoms with Crippen LogP contribution in [-0.4, -0.2) is 12.7 Å². The predicted molar refractivity (Wildman–Crippen MR) is 68.1 cm³/mol. The zero-order chi connectivity index (χ0) is 11.5. The van der Waals surface area contributed by atoms with Gasteiger partial charge in [-0.25, -0.2) is 0 Å². The summed E-state index contributed by atoms with van der Waals surface area (Å²) < 4.78 is 5.62. The van der Waals surface area contributed by atoms with E-state index in [1.54, 1.807) is 0 Å². The monoisotopic (exact) mass is 238 g/mol. The van der Waals surface area contributed by atoms with Gasteiger partial charge in [-0.1, -0.05) is 23.8 Å². The minimum Gasteiger partial charge on any atom is -0.378 e. The van der Waals surface area contributed by atoms with Crippen molar-refractivity contribution in [1.29, 1.82) is 0 Å². The molecule has 1 aliphatic rings. The lowest BCUT2D eigenvalue weighted by molar-refractivity contribution is 0.103. The largest absolute Gasteiger partial charge is 0.378 e. The molecule has 0 aliphatic carbocycles. The smallest absolute Gasteiger partial charge is 0.0612 e. The van der Waals surface area contributed by atoms with Gasteiger partial charge in [-0.2, -0.15) is 0 Å². The van der Waals surface area contributed by atoms with E-state index in [0.29, 0.717) is 6.10 Å². The second kappa shape index (κ2) is 5.20. The third kappa shape index (κ3) is 2.78. The van der Waals surface area contributed by atoms with Crippen molar-refractivity contribution in [3.8, 4) is 0 Å². The summed E-state index contributed by atoms with van der Waals surface area (Å²) in [6.07, 6.45) is 3.64. The van der Waals surface area contributed by atoms with Crippen LogP contribution in [0.3, 0.4) is 0 Å². The predicted octanol–water partition coefficient (Wildman–Crippen LogP) is 4.15. The van der Waals surface area contributed by atoms with Crippen molar-refractivity contribution in [2.24, 2.45) is 0 Å². The van der Waals surface area contributed by atoms with E-state index in [1.165, 1.54) is 23.1 Å². The van der Waals surface area contributed by atoms with Crippen LogP contribution < -0.4 is 0 Å². The second-order valence-electron chi connectivity index (χ2n) is 4.70. The van der Waals surface area contributed by atoms with Gasteiger partial charge >= 0.3 is 0 Å². The summed E-state index contributed by atoms with van der Waals surface area (Å²) in [5, 5.41) is 0.0868. The number of halogens is 1. The Labute approximate surface area is 103 Å². The minimum atomic E-state index is 0.0868. The van der Waals surface area contributed by atoms with E-state index in [1.807, 2.05) is 0 Å². The third-order valence-corrected chi connectivity index (χ3v) is 3.67. The number of alkyl halides is 1. The number of aryl methyl sites for hydroxylation is 2. The van der Waals surface area contributed by atoms with E-state index in [4.69, 9.17) is 16.3 Å². The van der Waals surface area contributed by atoms with E-state index in [-0.39, 0.29) is 5.38 Å². The zero-order valence-corrected chi connectivity index (χ0v) is 10.8. The lowest BCUT2D eigenvalue weighted by Crippen LogP contribution is -2.09. The first-order valence-electron chi connectivity index (χ1n) is 5.99. The quantitative estimate of drug-likeness (QED) is 0.719. The van der Waals surface area contributed by atoms with Gasteiger partial charge in [0.15, 0.2) is 0 Å². The highest BCUT2D eigenvalue weighted by Gasteiger charge is 2.21. The highest BCUT2D eigenvalue weighted by atomic mass is 35.5. The standard InChI is InChI=1S/C14H19ClO/c1-10-5-6-13(11(2)8-10)14(15)9-12-4-3-7-16-12/h5-6,8,12,14H,3-4,7,9H2,1-2H3. The number of benzene rings is 1. The van der Waals surface area contributed by atoms with Crippen molar-refractivity contribution in [2.75, 3.05) is 6.61 Å². The first-order chi connectivity index (χ1) is 7.66. The fraction of sp³-hybridized carbons (Fsp3) is 0.571. The van der Waals surface area contributed by atoms with E-state index < -0.39 is 0 Å². The maximum atomic E-state index is 6.46. The molecule has 0 radical (unpaired) electrons. The number of ether oxygens (including phenoxy) is 1. The van der Waals surface area contributed by atoms with Gasteiger partial charge in [0.25, 0.3) is 0 Å². The van der Waals surface area contributed by atoms with Crippen LogP contribution in [0.25, 0.3) is 0 Å². The molecule has 0 spiro atoms. The first-order valence-corrected chi connectivity index (χ1v) is 6.43. The Morgan fingerprint density at radius 2 is 2.25 bits per heavy atom. The Balaban J connectivity index is 2.04. The molecule has 1 aromatic rings. The molecule has 0 amide bonds. The fourth-order valence-electron chi connectivity index (χ4n) is 2.37. The molecule has 1 nitrogen and oxygen atoms in total. The molecule has 2 atom stereocenters. The third-order valence-electron chi connectivity index (χ3n) is 3.26. The maximum Gasteiger partial charge on any atom is 0.0612 e. The van der Waals surface area contributed by atoms with Gasteiger partial charge in [-0.05, 0) is 44.2 Å². The number of hydrogen-bond acceptors (Lipinski definition) is 1. The highest BCUT2D eigenvalue weighted by Crippen LogP contribution is 2.32. The van der Waals surface area contributed by atoms with Gasteiger partial charge in [0.1, 0.15) is 0 Å². The molecule has 2 rings (SSSR count). The van der Waals surface area contributed by atoms with E-state index in [2.05, 4.69) is 32.0 Å². The Hall–Kier alpha value is -0.530. The normalized spacial score (nSPS) is 22.3. The Bertz CT molecular complexity index is 356. The molecule has 0 bridgehead atoms. The molecule has 0 N–H and O–H groups in total. The summed E-state index contributed by atoms with van der Waals surface area (Å²) in [4.78, 5) is 0. The van der Waals surface area contributed by atoms with Crippen LogP contribution in [-0.2, 0) is 4.74 Å². The summed E-state index contributed by atoms with van der Waals surface area (Å²) in [7, 11) is 0. The molecule has 2 heteroatoms. The molecular weight excluding hydrogens is 220 g/mol. The van der Waals surface area contributed by atoms with Crippen molar-refractivity contribution < 1.29 is 4.74 Å². The van der Waals surface area contributed by atoms with E-state index in [0.717, 1.165) is 19.4 Å². The molecule has 1 aromatic carbocycles. The fourth-order valence-corrected chi connectivity index (χ4v) is 2.81. The average Bonchev–Trinajstić information content (AvgIpc) is 2.70. The zero-order valence-electron chi connectivity index (χ0n) is 10.0. The Kier molecular flexibility index (Phi) is 3.88. The van der Waals surface area contributed by atoms with Crippen molar-refractivity contribution in [3.05, 3.63) is 34.9 Å². The highest BCUT2D eigenvalue weighted by molar-refractivity contribution is 6.20. The van der Waals surface area contributed by atoms with Gasteiger partial charge in [0.2, 0.25) is 0 Å². The molecule has 0 saturated carbocycles. The van der Waals surface area contributed by atoms with Crippen LogP contribution in [0.5, 0.6) is 0 Å². The molecule has 1 saturated heterocycles. The van der Waals surface area contributed by atoms with Crippen LogP contribution in [0.15, 0.2) is 18.2 Å². The molecule has 1 heterocycles. The summed E-state index contributed by atoms with van der Waals surface area (Å²) in [6, 6.07) is 6.48. The van der Waals surface area contributed by atoms with Crippen molar-refractivity contribution in [3.63, 3.8) is 0 Å². The van der Waals surface area contributed by atoms with Crippen LogP contribution in [0.1, 0.15) is 41.3 Å². The molecule has 88 valence electrons. The molecule has 0 aromatic heterocycles. The van der Waals surface area contributed by atoms with Gasteiger partial charge in [0.05, 0.1) is 11.5 Å². The minimum absolute atomic E-state index is 0.0868. The summed E-state index contributed by atoms with van der Waals surface area (Å²) in [5.74, 6) is 0. The van der Waals surface area contributed by atoms with Crippen LogP contribution in [0.4, 0.5) is 0 Å². The van der Waals surface area contributed by atoms with E-state index in [9.17, 15) is 0 Å². The topological polar surface area (TPSA) is 9.23 Å². The van der Waals surface area contributed by atoms with Crippen molar-refractivity contribution >= 4 is 11.6 Å². The first kappa shape index (κ1) is 11.9. The molecule has 1 aliphatic heterocycles. The van der Waals surface area contributed by atoms with Gasteiger partial charge in [-0.3, -0.25) is 0 Å². The van der Waals surface area contributed by atoms with Crippen LogP contribution >= 0.6 is 11.6 Å². The summed E-state index contributed by atoms with van der Waals surface area (Å²) >= 11 is 6.46. The molecule has 2 unspecified atom stereocenters. The van der Waals surface area contributed by atoms with Gasteiger partial charge < -0.3 is 4.74 Å². The Morgan fingerprint density at radius 1 is 1.44 bits per heavy atom. The average molecular weight is 239 g/mol. The van der Waals surface area contributed by atoms with Gasteiger partial charge in [-0.15, -0.1) is 11.6 Å². The SMILES string of the molecule is Cc1ccc(C(Cl)CC2CCCO2)c(C)c1. The molecule has 16 heavy (non-hydrogen) atoms. The lowest BCUT2D eigenvalue weighted by Gasteiger charge is -2.17. The number of hydrogen-bond donors (Lipinski definition) is 0. The summed E-state index contributed by atoms with van der Waals surface area (Å²) in [6.45, 7) is 5.15.